The Morgan fingerprint density at radius 2 is 2.42 bits per heavy atom. The maximum atomic E-state index is 12.1. The topological polar surface area (TPSA) is 38.3 Å². The maximum Gasteiger partial charge on any atom is 0.237 e. The average Bonchev–Trinajstić information content (AvgIpc) is 2.94. The van der Waals surface area contributed by atoms with Crippen LogP contribution in [0, 0.1) is 0 Å². The third-order valence-electron chi connectivity index (χ3n) is 2.99. The number of hydrogen-bond acceptors (Lipinski definition) is 3. The second-order valence-electron chi connectivity index (χ2n) is 4.38. The summed E-state index contributed by atoms with van der Waals surface area (Å²) in [6, 6.07) is 5.78. The fourth-order valence-corrected chi connectivity index (χ4v) is 3.66. The van der Waals surface area contributed by atoms with Gasteiger partial charge in [-0.3, -0.25) is 4.79 Å². The number of nitrogens with one attached hydrogen (secondary N) is 1. The molecule has 1 unspecified atom stereocenters. The van der Waals surface area contributed by atoms with Crippen molar-refractivity contribution in [3.63, 3.8) is 0 Å². The molecule has 0 aromatic heterocycles. The van der Waals surface area contributed by atoms with Gasteiger partial charge in [0.2, 0.25) is 5.91 Å². The molecular weight excluding hydrogens is 326 g/mol. The summed E-state index contributed by atoms with van der Waals surface area (Å²) in [6.45, 7) is 2.61. The molecule has 19 heavy (non-hydrogen) atoms. The van der Waals surface area contributed by atoms with E-state index in [1.807, 2.05) is 25.1 Å². The van der Waals surface area contributed by atoms with E-state index in [4.69, 9.17) is 4.74 Å². The Labute approximate surface area is 126 Å². The molecule has 3 nitrogen and oxygen atoms in total. The Morgan fingerprint density at radius 1 is 1.58 bits per heavy atom. The molecule has 5 heteroatoms. The highest BCUT2D eigenvalue weighted by atomic mass is 79.9. The van der Waals surface area contributed by atoms with Crippen LogP contribution in [-0.4, -0.2) is 23.5 Å². The van der Waals surface area contributed by atoms with Crippen LogP contribution in [0.4, 0.5) is 5.69 Å². The van der Waals surface area contributed by atoms with Crippen LogP contribution in [0.1, 0.15) is 25.3 Å². The van der Waals surface area contributed by atoms with E-state index in [0.717, 1.165) is 35.6 Å². The zero-order chi connectivity index (χ0) is 13.7. The van der Waals surface area contributed by atoms with Crippen LogP contribution in [0.3, 0.4) is 0 Å². The molecule has 2 rings (SSSR count). The van der Waals surface area contributed by atoms with Crippen LogP contribution in [0.2, 0.25) is 0 Å². The number of carbonyl (C=O) groups excluding carboxylic acids is 1. The Balaban J connectivity index is 2.05. The monoisotopic (exact) mass is 343 g/mol. The number of halogens is 1. The Bertz CT molecular complexity index is 447. The summed E-state index contributed by atoms with van der Waals surface area (Å²) in [6.07, 6.45) is 2.12. The second kappa shape index (κ2) is 7.20. The molecule has 0 aliphatic carbocycles. The molecule has 1 atom stereocenters. The van der Waals surface area contributed by atoms with Gasteiger partial charge in [0.15, 0.2) is 0 Å². The summed E-state index contributed by atoms with van der Waals surface area (Å²) in [4.78, 5) is 12.1. The van der Waals surface area contributed by atoms with Crippen LogP contribution in [0.25, 0.3) is 0 Å². The van der Waals surface area contributed by atoms with Crippen molar-refractivity contribution in [2.75, 3.05) is 17.7 Å². The lowest BCUT2D eigenvalue weighted by Crippen LogP contribution is -2.22. The van der Waals surface area contributed by atoms with Crippen molar-refractivity contribution in [3.8, 4) is 5.75 Å². The maximum absolute atomic E-state index is 12.1. The molecule has 104 valence electrons. The quantitative estimate of drug-likeness (QED) is 0.826. The van der Waals surface area contributed by atoms with E-state index >= 15 is 0 Å². The lowest BCUT2D eigenvalue weighted by atomic mass is 10.2. The lowest BCUT2D eigenvalue weighted by molar-refractivity contribution is -0.115. The minimum atomic E-state index is 0.110. The predicted octanol–water partition coefficient (Wildman–Crippen LogP) is 3.81. The smallest absolute Gasteiger partial charge is 0.237 e. The zero-order valence-corrected chi connectivity index (χ0v) is 13.4. The Morgan fingerprint density at radius 3 is 3.05 bits per heavy atom. The summed E-state index contributed by atoms with van der Waals surface area (Å²) >= 11 is 5.19. The van der Waals surface area contributed by atoms with Crippen LogP contribution in [-0.2, 0) is 10.1 Å². The first-order valence-electron chi connectivity index (χ1n) is 6.48. The van der Waals surface area contributed by atoms with Crippen molar-refractivity contribution < 1.29 is 9.53 Å². The fourth-order valence-electron chi connectivity index (χ4n) is 2.07. The van der Waals surface area contributed by atoms with Gasteiger partial charge in [-0.15, -0.1) is 11.8 Å². The van der Waals surface area contributed by atoms with Gasteiger partial charge in [-0.1, -0.05) is 15.9 Å². The van der Waals surface area contributed by atoms with Crippen molar-refractivity contribution >= 4 is 39.3 Å². The van der Waals surface area contributed by atoms with Crippen LogP contribution < -0.4 is 10.1 Å². The highest BCUT2D eigenvalue weighted by molar-refractivity contribution is 9.08. The third kappa shape index (κ3) is 3.89. The number of benzene rings is 1. The van der Waals surface area contributed by atoms with E-state index < -0.39 is 0 Å². The van der Waals surface area contributed by atoms with Gasteiger partial charge in [0.05, 0.1) is 11.9 Å². The van der Waals surface area contributed by atoms with Crippen molar-refractivity contribution in [2.24, 2.45) is 0 Å². The van der Waals surface area contributed by atoms with Gasteiger partial charge in [-0.05, 0) is 43.7 Å². The van der Waals surface area contributed by atoms with E-state index in [1.54, 1.807) is 11.8 Å². The molecule has 1 aliphatic heterocycles. The van der Waals surface area contributed by atoms with Crippen molar-refractivity contribution in [3.05, 3.63) is 23.8 Å². The van der Waals surface area contributed by atoms with E-state index in [9.17, 15) is 4.79 Å². The number of amides is 1. The van der Waals surface area contributed by atoms with Crippen LogP contribution in [0.15, 0.2) is 18.2 Å². The molecule has 1 aliphatic rings. The number of thioether (sulfide) groups is 1. The van der Waals surface area contributed by atoms with Gasteiger partial charge in [-0.2, -0.15) is 0 Å². The molecule has 1 fully saturated rings. The number of ether oxygens (including phenoxy) is 1. The van der Waals surface area contributed by atoms with Gasteiger partial charge < -0.3 is 10.1 Å². The number of hydrogen-bond donors (Lipinski definition) is 1. The van der Waals surface area contributed by atoms with Gasteiger partial charge in [0.1, 0.15) is 5.75 Å². The van der Waals surface area contributed by atoms with E-state index in [1.165, 1.54) is 0 Å². The lowest BCUT2D eigenvalue weighted by Gasteiger charge is -2.13. The highest BCUT2D eigenvalue weighted by Crippen LogP contribution is 2.29. The van der Waals surface area contributed by atoms with Crippen LogP contribution >= 0.6 is 27.7 Å². The Hall–Kier alpha value is -0.680. The number of alkyl halides is 1. The fraction of sp³-hybridized carbons (Fsp3) is 0.500. The first-order valence-corrected chi connectivity index (χ1v) is 8.65. The predicted molar refractivity (Wildman–Crippen MR) is 84.4 cm³/mol. The first kappa shape index (κ1) is 14.7. The normalized spacial score (nSPS) is 18.3. The van der Waals surface area contributed by atoms with E-state index in [0.29, 0.717) is 11.9 Å². The molecule has 1 saturated heterocycles. The molecule has 1 heterocycles. The van der Waals surface area contributed by atoms with Crippen molar-refractivity contribution in [2.45, 2.75) is 30.3 Å². The molecule has 1 amide bonds. The summed E-state index contributed by atoms with van der Waals surface area (Å²) in [5, 5.41) is 3.81. The van der Waals surface area contributed by atoms with Crippen molar-refractivity contribution in [1.29, 1.82) is 0 Å². The van der Waals surface area contributed by atoms with Crippen molar-refractivity contribution in [1.82, 2.24) is 0 Å². The minimum Gasteiger partial charge on any atom is -0.494 e. The Kier molecular flexibility index (Phi) is 5.58. The van der Waals surface area contributed by atoms with Gasteiger partial charge in [0.25, 0.3) is 0 Å². The molecule has 1 aromatic rings. The SMILES string of the molecule is CCOc1ccc(NC(=O)C2CCCS2)cc1CBr. The molecule has 0 bridgehead atoms. The molecule has 0 saturated carbocycles. The summed E-state index contributed by atoms with van der Waals surface area (Å²) in [7, 11) is 0. The van der Waals surface area contributed by atoms with Gasteiger partial charge >= 0.3 is 0 Å². The molecule has 0 spiro atoms. The second-order valence-corrected chi connectivity index (χ2v) is 6.25. The van der Waals surface area contributed by atoms with Gasteiger partial charge in [0, 0.05) is 16.6 Å². The van der Waals surface area contributed by atoms with E-state index in [-0.39, 0.29) is 11.2 Å². The van der Waals surface area contributed by atoms with Gasteiger partial charge in [-0.25, -0.2) is 0 Å². The molecule has 1 N–H and O–H groups in total. The third-order valence-corrected chi connectivity index (χ3v) is 4.97. The van der Waals surface area contributed by atoms with E-state index in [2.05, 4.69) is 21.2 Å². The van der Waals surface area contributed by atoms with Crippen LogP contribution in [0.5, 0.6) is 5.75 Å². The number of anilines is 1. The number of rotatable bonds is 5. The zero-order valence-electron chi connectivity index (χ0n) is 10.9. The molecule has 1 aromatic carbocycles. The summed E-state index contributed by atoms with van der Waals surface area (Å²) in [5.74, 6) is 2.08. The number of carbonyl (C=O) groups is 1. The summed E-state index contributed by atoms with van der Waals surface area (Å²) < 4.78 is 5.54. The average molecular weight is 344 g/mol. The molecule has 0 radical (unpaired) electrons. The minimum absolute atomic E-state index is 0.110. The highest BCUT2D eigenvalue weighted by Gasteiger charge is 2.23. The standard InChI is InChI=1S/C14H18BrNO2S/c1-2-18-12-6-5-11(8-10(12)9-15)16-14(17)13-4-3-7-19-13/h5-6,8,13H,2-4,7,9H2,1H3,(H,16,17). The molecular formula is C14H18BrNO2S. The first-order chi connectivity index (χ1) is 9.24. The largest absolute Gasteiger partial charge is 0.494 e. The summed E-state index contributed by atoms with van der Waals surface area (Å²) in [5.41, 5.74) is 1.90.